The number of hydrogen-bond donors (Lipinski definition) is 0. The summed E-state index contributed by atoms with van der Waals surface area (Å²) in [6.07, 6.45) is -0.496. The Morgan fingerprint density at radius 2 is 1.76 bits per heavy atom. The van der Waals surface area contributed by atoms with Crippen LogP contribution in [0.4, 0.5) is 4.79 Å². The Morgan fingerprint density at radius 3 is 2.29 bits per heavy atom. The van der Waals surface area contributed by atoms with E-state index < -0.39 is 17.6 Å². The SMILES string of the molecule is COC(=O)N(C)C(C)(C)/C(C)=N\OC(=O)c1ccccc1. The van der Waals surface area contributed by atoms with E-state index in [1.165, 1.54) is 12.0 Å². The fourth-order valence-electron chi connectivity index (χ4n) is 1.46. The Hall–Kier alpha value is -2.37. The van der Waals surface area contributed by atoms with Crippen molar-refractivity contribution in [3.63, 3.8) is 0 Å². The highest BCUT2D eigenvalue weighted by Gasteiger charge is 2.32. The van der Waals surface area contributed by atoms with E-state index >= 15 is 0 Å². The number of oxime groups is 1. The zero-order valence-corrected chi connectivity index (χ0v) is 12.9. The van der Waals surface area contributed by atoms with Crippen molar-refractivity contribution in [2.24, 2.45) is 5.16 Å². The van der Waals surface area contributed by atoms with E-state index in [4.69, 9.17) is 4.84 Å². The maximum Gasteiger partial charge on any atom is 0.409 e. The lowest BCUT2D eigenvalue weighted by molar-refractivity contribution is 0.0508. The molecule has 0 N–H and O–H groups in total. The van der Waals surface area contributed by atoms with Crippen molar-refractivity contribution < 1.29 is 19.2 Å². The van der Waals surface area contributed by atoms with E-state index in [9.17, 15) is 9.59 Å². The number of carbonyl (C=O) groups is 2. The van der Waals surface area contributed by atoms with E-state index in [2.05, 4.69) is 9.89 Å². The molecule has 0 saturated heterocycles. The van der Waals surface area contributed by atoms with Crippen LogP contribution in [0.5, 0.6) is 0 Å². The first kappa shape index (κ1) is 16.7. The summed E-state index contributed by atoms with van der Waals surface area (Å²) < 4.78 is 4.67. The molecule has 1 aromatic carbocycles. The summed E-state index contributed by atoms with van der Waals surface area (Å²) in [4.78, 5) is 29.7. The summed E-state index contributed by atoms with van der Waals surface area (Å²) in [6.45, 7) is 5.23. The molecule has 0 radical (unpaired) electrons. The van der Waals surface area contributed by atoms with Crippen molar-refractivity contribution in [2.75, 3.05) is 14.2 Å². The largest absolute Gasteiger partial charge is 0.453 e. The molecule has 0 aliphatic rings. The van der Waals surface area contributed by atoms with Crippen molar-refractivity contribution in [2.45, 2.75) is 26.3 Å². The zero-order valence-electron chi connectivity index (χ0n) is 12.9. The lowest BCUT2D eigenvalue weighted by atomic mass is 9.98. The predicted molar refractivity (Wildman–Crippen MR) is 79.2 cm³/mol. The second kappa shape index (κ2) is 6.88. The van der Waals surface area contributed by atoms with Gasteiger partial charge in [-0.05, 0) is 32.9 Å². The van der Waals surface area contributed by atoms with Crippen molar-refractivity contribution in [1.82, 2.24) is 4.90 Å². The highest BCUT2D eigenvalue weighted by atomic mass is 16.7. The summed E-state index contributed by atoms with van der Waals surface area (Å²) in [5, 5.41) is 3.83. The first-order valence-corrected chi connectivity index (χ1v) is 6.44. The average molecular weight is 292 g/mol. The Balaban J connectivity index is 2.80. The van der Waals surface area contributed by atoms with Crippen LogP contribution >= 0.6 is 0 Å². The summed E-state index contributed by atoms with van der Waals surface area (Å²) in [5.74, 6) is -0.550. The Morgan fingerprint density at radius 1 is 1.19 bits per heavy atom. The summed E-state index contributed by atoms with van der Waals surface area (Å²) in [5.41, 5.74) is 0.136. The molecule has 0 spiro atoms. The fraction of sp³-hybridized carbons (Fsp3) is 0.400. The molecule has 0 heterocycles. The fourth-order valence-corrected chi connectivity index (χ4v) is 1.46. The minimum absolute atomic E-state index is 0.410. The van der Waals surface area contributed by atoms with Crippen LogP contribution in [0.15, 0.2) is 35.5 Å². The quantitative estimate of drug-likeness (QED) is 0.486. The van der Waals surface area contributed by atoms with Crippen molar-refractivity contribution in [3.8, 4) is 0 Å². The maximum absolute atomic E-state index is 11.8. The lowest BCUT2D eigenvalue weighted by Gasteiger charge is -2.33. The van der Waals surface area contributed by atoms with E-state index in [0.29, 0.717) is 11.3 Å². The van der Waals surface area contributed by atoms with Gasteiger partial charge in [-0.15, -0.1) is 0 Å². The van der Waals surface area contributed by atoms with Gasteiger partial charge in [0.2, 0.25) is 0 Å². The van der Waals surface area contributed by atoms with Crippen LogP contribution in [0.2, 0.25) is 0 Å². The molecule has 0 fully saturated rings. The molecule has 0 atom stereocenters. The third kappa shape index (κ3) is 4.05. The number of hydrogen-bond acceptors (Lipinski definition) is 5. The van der Waals surface area contributed by atoms with Crippen LogP contribution in [-0.2, 0) is 9.57 Å². The number of rotatable bonds is 4. The minimum Gasteiger partial charge on any atom is -0.453 e. The molecular weight excluding hydrogens is 272 g/mol. The number of methoxy groups -OCH3 is 1. The Kier molecular flexibility index (Phi) is 5.46. The molecule has 1 rings (SSSR count). The first-order chi connectivity index (χ1) is 9.80. The van der Waals surface area contributed by atoms with Crippen LogP contribution in [0.3, 0.4) is 0 Å². The molecule has 114 valence electrons. The second-order valence-corrected chi connectivity index (χ2v) is 5.01. The van der Waals surface area contributed by atoms with Crippen molar-refractivity contribution >= 4 is 17.8 Å². The normalized spacial score (nSPS) is 11.8. The van der Waals surface area contributed by atoms with Gasteiger partial charge in [-0.25, -0.2) is 9.59 Å². The van der Waals surface area contributed by atoms with Gasteiger partial charge in [0.1, 0.15) is 0 Å². The van der Waals surface area contributed by atoms with E-state index in [1.807, 2.05) is 0 Å². The number of ether oxygens (including phenoxy) is 1. The van der Waals surface area contributed by atoms with Crippen molar-refractivity contribution in [1.29, 1.82) is 0 Å². The Bertz CT molecular complexity index is 538. The number of benzene rings is 1. The summed E-state index contributed by atoms with van der Waals surface area (Å²) in [6, 6.07) is 8.56. The third-order valence-corrected chi connectivity index (χ3v) is 3.45. The highest BCUT2D eigenvalue weighted by Crippen LogP contribution is 2.16. The van der Waals surface area contributed by atoms with Gasteiger partial charge in [-0.3, -0.25) is 0 Å². The molecule has 0 aliphatic heterocycles. The molecule has 0 saturated carbocycles. The van der Waals surface area contributed by atoms with E-state index in [0.717, 1.165) is 0 Å². The second-order valence-electron chi connectivity index (χ2n) is 5.01. The van der Waals surface area contributed by atoms with Gasteiger partial charge >= 0.3 is 12.1 Å². The molecule has 21 heavy (non-hydrogen) atoms. The topological polar surface area (TPSA) is 68.2 Å². The minimum atomic E-state index is -0.746. The maximum atomic E-state index is 11.8. The monoisotopic (exact) mass is 292 g/mol. The molecule has 6 nitrogen and oxygen atoms in total. The predicted octanol–water partition coefficient (Wildman–Crippen LogP) is 2.70. The van der Waals surface area contributed by atoms with Gasteiger partial charge in [-0.2, -0.15) is 0 Å². The molecule has 1 aromatic rings. The lowest BCUT2D eigenvalue weighted by Crippen LogP contribution is -2.50. The average Bonchev–Trinajstić information content (AvgIpc) is 2.51. The third-order valence-electron chi connectivity index (χ3n) is 3.45. The van der Waals surface area contributed by atoms with Crippen LogP contribution < -0.4 is 0 Å². The van der Waals surface area contributed by atoms with Gasteiger partial charge in [0, 0.05) is 7.05 Å². The zero-order chi connectivity index (χ0) is 16.0. The number of amides is 1. The first-order valence-electron chi connectivity index (χ1n) is 6.44. The van der Waals surface area contributed by atoms with Gasteiger partial charge in [0.25, 0.3) is 0 Å². The molecule has 1 amide bonds. The Labute approximate surface area is 124 Å². The van der Waals surface area contributed by atoms with Gasteiger partial charge in [0.15, 0.2) is 0 Å². The summed E-state index contributed by atoms with van der Waals surface area (Å²) in [7, 11) is 2.89. The summed E-state index contributed by atoms with van der Waals surface area (Å²) >= 11 is 0. The van der Waals surface area contributed by atoms with Crippen LogP contribution in [-0.4, -0.2) is 42.4 Å². The smallest absolute Gasteiger partial charge is 0.409 e. The van der Waals surface area contributed by atoms with Gasteiger partial charge in [0.05, 0.1) is 23.9 Å². The van der Waals surface area contributed by atoms with Gasteiger partial charge < -0.3 is 14.5 Å². The number of carbonyl (C=O) groups excluding carboxylic acids is 2. The van der Waals surface area contributed by atoms with Crippen LogP contribution in [0, 0.1) is 0 Å². The molecule has 0 unspecified atom stereocenters. The molecule has 0 aliphatic carbocycles. The molecular formula is C15H20N2O4. The van der Waals surface area contributed by atoms with E-state index in [-0.39, 0.29) is 0 Å². The van der Waals surface area contributed by atoms with Crippen molar-refractivity contribution in [3.05, 3.63) is 35.9 Å². The molecule has 0 aromatic heterocycles. The standard InChI is InChI=1S/C15H20N2O4/c1-11(15(2,3)17(4)14(19)20-5)16-21-13(18)12-9-7-6-8-10-12/h6-10H,1-5H3/b16-11-. The van der Waals surface area contributed by atoms with Gasteiger partial charge in [-0.1, -0.05) is 23.4 Å². The molecule has 0 bridgehead atoms. The molecule has 6 heteroatoms. The number of nitrogens with zero attached hydrogens (tertiary/aromatic N) is 2. The van der Waals surface area contributed by atoms with E-state index in [1.54, 1.807) is 58.2 Å². The van der Waals surface area contributed by atoms with Crippen LogP contribution in [0.25, 0.3) is 0 Å². The van der Waals surface area contributed by atoms with Crippen LogP contribution in [0.1, 0.15) is 31.1 Å². The highest BCUT2D eigenvalue weighted by molar-refractivity contribution is 5.94.